The Balaban J connectivity index is 1.48. The first-order chi connectivity index (χ1) is 15.9. The molecule has 1 aromatic heterocycles. The van der Waals surface area contributed by atoms with Gasteiger partial charge in [0.15, 0.2) is 5.69 Å². The van der Waals surface area contributed by atoms with Gasteiger partial charge in [-0.15, -0.1) is 0 Å². The number of piperidine rings is 1. The van der Waals surface area contributed by atoms with Crippen LogP contribution in [-0.4, -0.2) is 56.9 Å². The number of hydrogen-bond donors (Lipinski definition) is 1. The van der Waals surface area contributed by atoms with Gasteiger partial charge in [-0.05, 0) is 37.8 Å². The molecule has 0 spiro atoms. The number of likely N-dealkylation sites (tertiary alicyclic amines) is 1. The van der Waals surface area contributed by atoms with E-state index in [-0.39, 0.29) is 23.6 Å². The first-order valence-corrected chi connectivity index (χ1v) is 11.9. The monoisotopic (exact) mass is 451 g/mol. The Morgan fingerprint density at radius 3 is 2.70 bits per heavy atom. The summed E-state index contributed by atoms with van der Waals surface area (Å²) in [6.07, 6.45) is 3.54. The van der Waals surface area contributed by atoms with E-state index in [1.807, 2.05) is 50.1 Å². The Labute approximate surface area is 194 Å². The zero-order chi connectivity index (χ0) is 23.5. The second-order valence-corrected chi connectivity index (χ2v) is 9.11. The highest BCUT2D eigenvalue weighted by Crippen LogP contribution is 2.26. The van der Waals surface area contributed by atoms with E-state index in [0.29, 0.717) is 44.7 Å². The van der Waals surface area contributed by atoms with Crippen LogP contribution in [0.4, 0.5) is 5.69 Å². The van der Waals surface area contributed by atoms with E-state index in [1.54, 1.807) is 9.58 Å². The van der Waals surface area contributed by atoms with E-state index in [0.717, 1.165) is 41.8 Å². The van der Waals surface area contributed by atoms with Gasteiger partial charge in [0, 0.05) is 63.0 Å². The molecule has 3 heterocycles. The molecule has 2 aliphatic rings. The van der Waals surface area contributed by atoms with Crippen molar-refractivity contribution in [1.29, 1.82) is 0 Å². The lowest BCUT2D eigenvalue weighted by Gasteiger charge is -2.32. The van der Waals surface area contributed by atoms with E-state index in [2.05, 4.69) is 10.4 Å². The van der Waals surface area contributed by atoms with E-state index in [4.69, 9.17) is 0 Å². The lowest BCUT2D eigenvalue weighted by Crippen LogP contribution is -2.44. The Hall–Kier alpha value is -3.16. The topological polar surface area (TPSA) is 87.5 Å². The molecular weight excluding hydrogens is 418 g/mol. The van der Waals surface area contributed by atoms with Crippen molar-refractivity contribution in [3.63, 3.8) is 0 Å². The summed E-state index contributed by atoms with van der Waals surface area (Å²) in [6.45, 7) is 6.02. The molecule has 8 heteroatoms. The molecule has 176 valence electrons. The molecule has 1 aromatic carbocycles. The standard InChI is InChI=1S/C25H33N5O3/c1-4-8-22(31)29-14-12-21-19(16-29)23(27-28(21)3)25(33)30-13-7-10-18(15-30)24(32)26-20-11-6-5-9-17(20)2/h5-6,9,11,18H,4,7-8,10,12-16H2,1-3H3,(H,26,32). The van der Waals surface area contributed by atoms with Gasteiger partial charge in [-0.1, -0.05) is 25.1 Å². The number of hydrogen-bond acceptors (Lipinski definition) is 4. The first kappa shape index (κ1) is 23.0. The number of amides is 3. The second-order valence-electron chi connectivity index (χ2n) is 9.11. The number of benzene rings is 1. The number of aromatic nitrogens is 2. The first-order valence-electron chi connectivity index (χ1n) is 11.9. The van der Waals surface area contributed by atoms with Crippen LogP contribution in [-0.2, 0) is 29.6 Å². The number of nitrogens with one attached hydrogen (secondary N) is 1. The third-order valence-corrected chi connectivity index (χ3v) is 6.74. The van der Waals surface area contributed by atoms with Crippen molar-refractivity contribution in [3.05, 3.63) is 46.8 Å². The number of carbonyl (C=O) groups is 3. The summed E-state index contributed by atoms with van der Waals surface area (Å²) >= 11 is 0. The normalized spacial score (nSPS) is 18.1. The van der Waals surface area contributed by atoms with Crippen LogP contribution in [0.25, 0.3) is 0 Å². The zero-order valence-corrected chi connectivity index (χ0v) is 19.8. The maximum absolute atomic E-state index is 13.5. The number of para-hydroxylation sites is 1. The Bertz CT molecular complexity index is 1060. The predicted octanol–water partition coefficient (Wildman–Crippen LogP) is 2.90. The van der Waals surface area contributed by atoms with Crippen LogP contribution in [0.3, 0.4) is 0 Å². The van der Waals surface area contributed by atoms with Crippen LogP contribution in [0.1, 0.15) is 59.9 Å². The SMILES string of the molecule is CCCC(=O)N1CCc2c(c(C(=O)N3CCCC(C(=O)Nc4ccccc4C)C3)nn2C)C1. The Kier molecular flexibility index (Phi) is 6.81. The van der Waals surface area contributed by atoms with Crippen molar-refractivity contribution in [2.24, 2.45) is 13.0 Å². The van der Waals surface area contributed by atoms with Crippen LogP contribution in [0, 0.1) is 12.8 Å². The third kappa shape index (κ3) is 4.79. The number of aryl methyl sites for hydroxylation is 2. The van der Waals surface area contributed by atoms with Crippen molar-refractivity contribution in [1.82, 2.24) is 19.6 Å². The van der Waals surface area contributed by atoms with E-state index < -0.39 is 0 Å². The van der Waals surface area contributed by atoms with Crippen molar-refractivity contribution < 1.29 is 14.4 Å². The molecular formula is C25H33N5O3. The van der Waals surface area contributed by atoms with Crippen LogP contribution in [0.15, 0.2) is 24.3 Å². The molecule has 3 amide bonds. The summed E-state index contributed by atoms with van der Waals surface area (Å²) in [5.41, 5.74) is 4.11. The maximum Gasteiger partial charge on any atom is 0.274 e. The molecule has 2 aliphatic heterocycles. The fourth-order valence-electron chi connectivity index (χ4n) is 4.82. The highest BCUT2D eigenvalue weighted by molar-refractivity contribution is 5.96. The molecule has 1 fully saturated rings. The maximum atomic E-state index is 13.5. The minimum atomic E-state index is -0.260. The van der Waals surface area contributed by atoms with Crippen LogP contribution < -0.4 is 5.32 Å². The zero-order valence-electron chi connectivity index (χ0n) is 19.8. The molecule has 2 aromatic rings. The highest BCUT2D eigenvalue weighted by atomic mass is 16.2. The van der Waals surface area contributed by atoms with Gasteiger partial charge in [0.1, 0.15) is 0 Å². The van der Waals surface area contributed by atoms with Gasteiger partial charge in [0.05, 0.1) is 5.92 Å². The summed E-state index contributed by atoms with van der Waals surface area (Å²) in [4.78, 5) is 42.4. The van der Waals surface area contributed by atoms with Gasteiger partial charge in [-0.3, -0.25) is 19.1 Å². The third-order valence-electron chi connectivity index (χ3n) is 6.74. The Morgan fingerprint density at radius 2 is 1.94 bits per heavy atom. The number of fused-ring (bicyclic) bond motifs is 1. The Morgan fingerprint density at radius 1 is 1.15 bits per heavy atom. The van der Waals surface area contributed by atoms with Crippen molar-refractivity contribution in [2.45, 2.75) is 52.5 Å². The average Bonchev–Trinajstić information content (AvgIpc) is 3.16. The van der Waals surface area contributed by atoms with E-state index >= 15 is 0 Å². The van der Waals surface area contributed by atoms with Gasteiger partial charge < -0.3 is 15.1 Å². The number of anilines is 1. The number of nitrogens with zero attached hydrogens (tertiary/aromatic N) is 4. The summed E-state index contributed by atoms with van der Waals surface area (Å²) in [5, 5.41) is 7.57. The van der Waals surface area contributed by atoms with Gasteiger partial charge in [0.2, 0.25) is 11.8 Å². The lowest BCUT2D eigenvalue weighted by molar-refractivity contribution is -0.132. The molecule has 0 saturated carbocycles. The molecule has 0 radical (unpaired) electrons. The summed E-state index contributed by atoms with van der Waals surface area (Å²) < 4.78 is 1.77. The fourth-order valence-corrected chi connectivity index (χ4v) is 4.82. The average molecular weight is 452 g/mol. The molecule has 0 aliphatic carbocycles. The minimum Gasteiger partial charge on any atom is -0.338 e. The largest absolute Gasteiger partial charge is 0.338 e. The van der Waals surface area contributed by atoms with E-state index in [9.17, 15) is 14.4 Å². The molecule has 4 rings (SSSR count). The quantitative estimate of drug-likeness (QED) is 0.757. The van der Waals surface area contributed by atoms with Crippen molar-refractivity contribution >= 4 is 23.4 Å². The molecule has 0 bridgehead atoms. The van der Waals surface area contributed by atoms with E-state index in [1.165, 1.54) is 0 Å². The van der Waals surface area contributed by atoms with Crippen molar-refractivity contribution in [3.8, 4) is 0 Å². The summed E-state index contributed by atoms with van der Waals surface area (Å²) in [6, 6.07) is 7.70. The van der Waals surface area contributed by atoms with Gasteiger partial charge in [-0.2, -0.15) is 5.10 Å². The number of carbonyl (C=O) groups excluding carboxylic acids is 3. The number of rotatable bonds is 5. The molecule has 1 unspecified atom stereocenters. The van der Waals surface area contributed by atoms with Gasteiger partial charge in [-0.25, -0.2) is 0 Å². The summed E-state index contributed by atoms with van der Waals surface area (Å²) in [5.74, 6) is -0.341. The van der Waals surface area contributed by atoms with Crippen molar-refractivity contribution in [2.75, 3.05) is 25.0 Å². The lowest BCUT2D eigenvalue weighted by atomic mass is 9.96. The second kappa shape index (κ2) is 9.77. The van der Waals surface area contributed by atoms with Crippen LogP contribution in [0.2, 0.25) is 0 Å². The van der Waals surface area contributed by atoms with Crippen LogP contribution >= 0.6 is 0 Å². The molecule has 1 atom stereocenters. The van der Waals surface area contributed by atoms with Crippen LogP contribution in [0.5, 0.6) is 0 Å². The minimum absolute atomic E-state index is 0.0545. The molecule has 1 saturated heterocycles. The molecule has 8 nitrogen and oxygen atoms in total. The summed E-state index contributed by atoms with van der Waals surface area (Å²) in [7, 11) is 1.85. The van der Waals surface area contributed by atoms with Gasteiger partial charge >= 0.3 is 0 Å². The smallest absolute Gasteiger partial charge is 0.274 e. The fraction of sp³-hybridized carbons (Fsp3) is 0.520. The molecule has 33 heavy (non-hydrogen) atoms. The predicted molar refractivity (Wildman–Crippen MR) is 126 cm³/mol. The van der Waals surface area contributed by atoms with Gasteiger partial charge in [0.25, 0.3) is 5.91 Å². The molecule has 1 N–H and O–H groups in total. The highest BCUT2D eigenvalue weighted by Gasteiger charge is 2.34.